The molecule has 0 saturated carbocycles. The van der Waals surface area contributed by atoms with Crippen LogP contribution in [-0.2, 0) is 21.7 Å². The molecule has 4 aliphatic rings. The maximum Gasteiger partial charge on any atom is 0.252 e. The van der Waals surface area contributed by atoms with Gasteiger partial charge in [0.15, 0.2) is 0 Å². The van der Waals surface area contributed by atoms with Gasteiger partial charge >= 0.3 is 0 Å². The summed E-state index contributed by atoms with van der Waals surface area (Å²) in [4.78, 5) is 5.46. The summed E-state index contributed by atoms with van der Waals surface area (Å²) in [7, 11) is 0. The monoisotopic (exact) mass is 769 g/mol. The molecule has 58 heavy (non-hydrogen) atoms. The molecule has 2 heterocycles. The quantitative estimate of drug-likeness (QED) is 0.133. The maximum absolute atomic E-state index is 2.83. The molecule has 0 saturated heterocycles. The Bertz CT molecular complexity index is 2340. The minimum Gasteiger partial charge on any atom is -0.339 e. The first-order chi connectivity index (χ1) is 27.0. The summed E-state index contributed by atoms with van der Waals surface area (Å²) >= 11 is 0. The largest absolute Gasteiger partial charge is 0.339 e. The lowest BCUT2D eigenvalue weighted by Crippen LogP contribution is -2.63. The molecule has 4 aromatic carbocycles. The topological polar surface area (TPSA) is 6.48 Å². The minimum absolute atomic E-state index is 0.0149. The lowest BCUT2D eigenvalue weighted by Gasteiger charge is -2.49. The van der Waals surface area contributed by atoms with E-state index in [9.17, 15) is 0 Å². The first-order valence-corrected chi connectivity index (χ1v) is 22.3. The standard InChI is InChI=1S/C55H69BN2/c1-51(2,3)36-23-27-42(28-24-36)57-46-29-25-39(53(7,8)9)32-44(46)56-45-33-40(54(10,11)12)26-30-47(45)58(43-22-18-21-38(31-43)52(4,5)6)49-35-41(34-48(57)50(49)56)55(13,14)37-19-16-15-17-20-37/h16,19-21,23-30,32-35,43H,15,17-18,22,31H2,1-14H3. The van der Waals surface area contributed by atoms with E-state index in [-0.39, 0.29) is 33.8 Å². The Kier molecular flexibility index (Phi) is 9.73. The second kappa shape index (κ2) is 13.9. The number of benzene rings is 4. The van der Waals surface area contributed by atoms with Crippen molar-refractivity contribution in [2.24, 2.45) is 5.41 Å². The first-order valence-electron chi connectivity index (χ1n) is 22.3. The zero-order valence-electron chi connectivity index (χ0n) is 38.3. The predicted octanol–water partition coefficient (Wildman–Crippen LogP) is 13.4. The summed E-state index contributed by atoms with van der Waals surface area (Å²) in [6.45, 7) is 33.4. The van der Waals surface area contributed by atoms with E-state index in [1.54, 1.807) is 5.57 Å². The Balaban J connectivity index is 1.48. The number of allylic oxidation sites excluding steroid dienone is 5. The van der Waals surface area contributed by atoms with E-state index in [0.717, 1.165) is 32.1 Å². The SMILES string of the molecule is CC(C)(C)C1=CCCC(N2c3ccc(C(C)(C)C)cc3B3c4cc(C(C)(C)C)ccc4N(c4ccc(C(C)(C)C)cc4)c4cc(C(C)(C)C5=CCCC=C5)cc2c43)C1. The third-order valence-electron chi connectivity index (χ3n) is 13.9. The van der Waals surface area contributed by atoms with Crippen LogP contribution in [0.5, 0.6) is 0 Å². The second-order valence-corrected chi connectivity index (χ2v) is 22.6. The van der Waals surface area contributed by atoms with Crippen LogP contribution in [0, 0.1) is 5.41 Å². The Labute approximate surface area is 352 Å². The first kappa shape index (κ1) is 40.5. The third-order valence-corrected chi connectivity index (χ3v) is 13.9. The summed E-state index contributed by atoms with van der Waals surface area (Å²) in [5.74, 6) is 0. The second-order valence-electron chi connectivity index (χ2n) is 22.6. The highest BCUT2D eigenvalue weighted by molar-refractivity contribution is 7.00. The van der Waals surface area contributed by atoms with Gasteiger partial charge in [0.25, 0.3) is 6.71 Å². The molecule has 0 spiro atoms. The van der Waals surface area contributed by atoms with Crippen LogP contribution in [0.2, 0.25) is 0 Å². The van der Waals surface area contributed by atoms with Gasteiger partial charge in [-0.3, -0.25) is 0 Å². The molecule has 302 valence electrons. The molecule has 0 fully saturated rings. The Hall–Kier alpha value is -4.24. The molecule has 4 aromatic rings. The number of rotatable bonds is 4. The van der Waals surface area contributed by atoms with Crippen molar-refractivity contribution in [2.45, 2.75) is 157 Å². The zero-order chi connectivity index (χ0) is 41.7. The van der Waals surface area contributed by atoms with Gasteiger partial charge in [-0.1, -0.05) is 163 Å². The summed E-state index contributed by atoms with van der Waals surface area (Å²) in [6, 6.07) is 30.0. The average Bonchev–Trinajstić information content (AvgIpc) is 3.16. The summed E-state index contributed by atoms with van der Waals surface area (Å²) in [6.07, 6.45) is 15.4. The molecule has 3 heteroatoms. The van der Waals surface area contributed by atoms with Crippen molar-refractivity contribution in [1.29, 1.82) is 0 Å². The third kappa shape index (κ3) is 7.03. The number of hydrogen-bond donors (Lipinski definition) is 0. The molecule has 0 bridgehead atoms. The minimum atomic E-state index is -0.179. The van der Waals surface area contributed by atoms with Crippen molar-refractivity contribution in [3.05, 3.63) is 131 Å². The van der Waals surface area contributed by atoms with E-state index in [1.165, 1.54) is 72.7 Å². The van der Waals surface area contributed by atoms with E-state index in [0.29, 0.717) is 6.04 Å². The van der Waals surface area contributed by atoms with Gasteiger partial charge < -0.3 is 9.80 Å². The fourth-order valence-electron chi connectivity index (χ4n) is 10.1. The van der Waals surface area contributed by atoms with Crippen molar-refractivity contribution in [3.8, 4) is 0 Å². The summed E-state index contributed by atoms with van der Waals surface area (Å²) in [5, 5.41) is 0. The van der Waals surface area contributed by atoms with Crippen molar-refractivity contribution in [1.82, 2.24) is 0 Å². The Morgan fingerprint density at radius 1 is 0.517 bits per heavy atom. The Morgan fingerprint density at radius 3 is 1.66 bits per heavy atom. The highest BCUT2D eigenvalue weighted by atomic mass is 15.2. The van der Waals surface area contributed by atoms with Crippen molar-refractivity contribution in [3.63, 3.8) is 0 Å². The van der Waals surface area contributed by atoms with Gasteiger partial charge in [-0.2, -0.15) is 0 Å². The molecule has 0 amide bonds. The van der Waals surface area contributed by atoms with Crippen LogP contribution >= 0.6 is 0 Å². The van der Waals surface area contributed by atoms with Gasteiger partial charge in [0.05, 0.1) is 0 Å². The van der Waals surface area contributed by atoms with Crippen LogP contribution < -0.4 is 26.2 Å². The molecule has 0 N–H and O–H groups in total. The summed E-state index contributed by atoms with van der Waals surface area (Å²) in [5.41, 5.74) is 19.5. The number of anilines is 5. The molecular weight excluding hydrogens is 699 g/mol. The number of hydrogen-bond acceptors (Lipinski definition) is 2. The lowest BCUT2D eigenvalue weighted by atomic mass is 9.33. The fourth-order valence-corrected chi connectivity index (χ4v) is 10.1. The molecule has 8 rings (SSSR count). The fraction of sp³-hybridized carbons (Fsp3) is 0.455. The highest BCUT2D eigenvalue weighted by Crippen LogP contribution is 2.48. The van der Waals surface area contributed by atoms with Crippen molar-refractivity contribution >= 4 is 51.5 Å². The molecule has 2 nitrogen and oxygen atoms in total. The normalized spacial score (nSPS) is 18.4. The molecule has 0 radical (unpaired) electrons. The molecular formula is C55H69BN2. The highest BCUT2D eigenvalue weighted by Gasteiger charge is 2.46. The van der Waals surface area contributed by atoms with Crippen LogP contribution in [0.15, 0.2) is 108 Å². The van der Waals surface area contributed by atoms with E-state index in [1.807, 2.05) is 0 Å². The van der Waals surface area contributed by atoms with E-state index in [2.05, 4.69) is 204 Å². The molecule has 0 aromatic heterocycles. The molecule has 2 aliphatic heterocycles. The predicted molar refractivity (Wildman–Crippen MR) is 255 cm³/mol. The molecule has 1 atom stereocenters. The van der Waals surface area contributed by atoms with E-state index >= 15 is 0 Å². The van der Waals surface area contributed by atoms with Gasteiger partial charge in [-0.05, 0) is 134 Å². The van der Waals surface area contributed by atoms with Crippen molar-refractivity contribution in [2.75, 3.05) is 9.80 Å². The average molecular weight is 769 g/mol. The number of fused-ring (bicyclic) bond motifs is 4. The van der Waals surface area contributed by atoms with Crippen LogP contribution in [-0.4, -0.2) is 12.8 Å². The number of nitrogens with zero attached hydrogens (tertiary/aromatic N) is 2. The smallest absolute Gasteiger partial charge is 0.252 e. The van der Waals surface area contributed by atoms with Gasteiger partial charge in [-0.25, -0.2) is 0 Å². The van der Waals surface area contributed by atoms with Crippen LogP contribution in [0.3, 0.4) is 0 Å². The van der Waals surface area contributed by atoms with Gasteiger partial charge in [0.2, 0.25) is 0 Å². The maximum atomic E-state index is 2.83. The Morgan fingerprint density at radius 2 is 1.09 bits per heavy atom. The summed E-state index contributed by atoms with van der Waals surface area (Å²) < 4.78 is 0. The van der Waals surface area contributed by atoms with Crippen LogP contribution in [0.4, 0.5) is 28.4 Å². The van der Waals surface area contributed by atoms with E-state index < -0.39 is 0 Å². The van der Waals surface area contributed by atoms with Crippen LogP contribution in [0.25, 0.3) is 0 Å². The van der Waals surface area contributed by atoms with E-state index in [4.69, 9.17) is 0 Å². The van der Waals surface area contributed by atoms with Gasteiger partial charge in [0, 0.05) is 39.9 Å². The molecule has 2 aliphatic carbocycles. The molecule has 1 unspecified atom stereocenters. The van der Waals surface area contributed by atoms with Crippen LogP contribution in [0.1, 0.15) is 151 Å². The van der Waals surface area contributed by atoms with Crippen molar-refractivity contribution < 1.29 is 0 Å². The lowest BCUT2D eigenvalue weighted by molar-refractivity contribution is 0.435. The van der Waals surface area contributed by atoms with Gasteiger partial charge in [0.1, 0.15) is 0 Å². The zero-order valence-corrected chi connectivity index (χ0v) is 38.3. The van der Waals surface area contributed by atoms with Gasteiger partial charge in [-0.15, -0.1) is 0 Å².